The molecule has 0 spiro atoms. The smallest absolute Gasteiger partial charge is 0.0434 e. The van der Waals surface area contributed by atoms with Crippen LogP contribution in [0, 0.1) is 0 Å². The van der Waals surface area contributed by atoms with E-state index in [1.54, 1.807) is 0 Å². The summed E-state index contributed by atoms with van der Waals surface area (Å²) in [5.74, 6) is 0. The van der Waals surface area contributed by atoms with Crippen LogP contribution in [0.15, 0.2) is 42.5 Å². The molecule has 3 rings (SSSR count). The summed E-state index contributed by atoms with van der Waals surface area (Å²) in [5.41, 5.74) is 7.79. The Bertz CT molecular complexity index is 695. The van der Waals surface area contributed by atoms with Crippen molar-refractivity contribution in [1.82, 2.24) is 0 Å². The van der Waals surface area contributed by atoms with E-state index in [1.165, 1.54) is 21.0 Å². The van der Waals surface area contributed by atoms with Gasteiger partial charge in [-0.1, -0.05) is 50.2 Å². The number of fused-ring (bicyclic) bond motifs is 3. The number of rotatable bonds is 1. The first-order chi connectivity index (χ1) is 8.20. The molecule has 0 aliphatic rings. The van der Waals surface area contributed by atoms with Crippen molar-refractivity contribution in [2.75, 3.05) is 5.73 Å². The highest BCUT2D eigenvalue weighted by Crippen LogP contribution is 2.56. The molecule has 2 aromatic carbocycles. The lowest BCUT2D eigenvalue weighted by atomic mass is 10.1. The van der Waals surface area contributed by atoms with Gasteiger partial charge in [-0.25, -0.2) is 0 Å². The Morgan fingerprint density at radius 2 is 1.65 bits per heavy atom. The molecule has 0 aliphatic carbocycles. The SMILES string of the molecule is CC(C)p1c2ccccc2c2cccc(N)c21. The third-order valence-electron chi connectivity index (χ3n) is 3.28. The fraction of sp³-hybridized carbons (Fsp3) is 0.200. The summed E-state index contributed by atoms with van der Waals surface area (Å²) in [6.07, 6.45) is 0. The summed E-state index contributed by atoms with van der Waals surface area (Å²) in [7, 11) is -0.282. The number of nitrogens with two attached hydrogens (primary N) is 1. The van der Waals surface area contributed by atoms with E-state index >= 15 is 0 Å². The zero-order valence-corrected chi connectivity index (χ0v) is 11.0. The van der Waals surface area contributed by atoms with Gasteiger partial charge < -0.3 is 5.73 Å². The van der Waals surface area contributed by atoms with E-state index in [1.807, 2.05) is 6.07 Å². The molecule has 1 heterocycles. The standard InChI is InChI=1S/C15H16NP/c1-10(2)17-14-9-4-3-6-11(14)12-7-5-8-13(16)15(12)17/h3-10H,16H2,1-2H3. The lowest BCUT2D eigenvalue weighted by Crippen LogP contribution is -1.83. The van der Waals surface area contributed by atoms with Crippen molar-refractivity contribution in [3.8, 4) is 0 Å². The van der Waals surface area contributed by atoms with Crippen molar-refractivity contribution in [1.29, 1.82) is 0 Å². The molecule has 0 amide bonds. The molecule has 86 valence electrons. The van der Waals surface area contributed by atoms with Crippen molar-refractivity contribution in [2.24, 2.45) is 0 Å². The van der Waals surface area contributed by atoms with Crippen molar-refractivity contribution >= 4 is 34.2 Å². The monoisotopic (exact) mass is 241 g/mol. The molecule has 0 aliphatic heterocycles. The predicted molar refractivity (Wildman–Crippen MR) is 79.0 cm³/mol. The summed E-state index contributed by atoms with van der Waals surface area (Å²) in [6, 6.07) is 15.0. The van der Waals surface area contributed by atoms with Gasteiger partial charge in [0.15, 0.2) is 0 Å². The highest BCUT2D eigenvalue weighted by molar-refractivity contribution is 7.62. The van der Waals surface area contributed by atoms with Gasteiger partial charge in [0.05, 0.1) is 0 Å². The summed E-state index contributed by atoms with van der Waals surface area (Å²) in [4.78, 5) is 0. The minimum absolute atomic E-state index is 0.282. The van der Waals surface area contributed by atoms with Gasteiger partial charge in [0.1, 0.15) is 0 Å². The van der Waals surface area contributed by atoms with Crippen LogP contribution in [0.25, 0.3) is 21.0 Å². The van der Waals surface area contributed by atoms with Gasteiger partial charge >= 0.3 is 0 Å². The van der Waals surface area contributed by atoms with Crippen molar-refractivity contribution < 1.29 is 0 Å². The van der Waals surface area contributed by atoms with Gasteiger partial charge in [-0.3, -0.25) is 0 Å². The number of nitrogen functional groups attached to an aromatic ring is 1. The van der Waals surface area contributed by atoms with Crippen LogP contribution in [0.4, 0.5) is 5.69 Å². The van der Waals surface area contributed by atoms with Gasteiger partial charge in [-0.15, -0.1) is 7.53 Å². The Hall–Kier alpha value is -1.46. The first kappa shape index (κ1) is 10.7. The molecule has 2 N–H and O–H groups in total. The van der Waals surface area contributed by atoms with Gasteiger partial charge in [-0.05, 0) is 22.5 Å². The lowest BCUT2D eigenvalue weighted by molar-refractivity contribution is 1.04. The van der Waals surface area contributed by atoms with Crippen LogP contribution in [0.2, 0.25) is 0 Å². The zero-order valence-electron chi connectivity index (χ0n) is 10.1. The normalized spacial score (nSPS) is 12.8. The van der Waals surface area contributed by atoms with Gasteiger partial charge in [0.25, 0.3) is 0 Å². The van der Waals surface area contributed by atoms with Crippen molar-refractivity contribution in [3.05, 3.63) is 42.5 Å². The average molecular weight is 241 g/mol. The number of benzene rings is 2. The summed E-state index contributed by atoms with van der Waals surface area (Å²) in [5, 5.41) is 5.61. The molecule has 3 aromatic rings. The molecule has 0 radical (unpaired) electrons. The minimum Gasteiger partial charge on any atom is -0.398 e. The highest BCUT2D eigenvalue weighted by atomic mass is 31.1. The Kier molecular flexibility index (Phi) is 2.38. The fourth-order valence-electron chi connectivity index (χ4n) is 2.62. The van der Waals surface area contributed by atoms with Crippen LogP contribution < -0.4 is 5.73 Å². The Labute approximate surface area is 102 Å². The number of hydrogen-bond donors (Lipinski definition) is 1. The lowest BCUT2D eigenvalue weighted by Gasteiger charge is -2.08. The molecular weight excluding hydrogens is 225 g/mol. The highest BCUT2D eigenvalue weighted by Gasteiger charge is 2.15. The van der Waals surface area contributed by atoms with E-state index in [9.17, 15) is 0 Å². The van der Waals surface area contributed by atoms with Gasteiger partial charge in [-0.2, -0.15) is 0 Å². The molecular formula is C15H16NP. The third kappa shape index (κ3) is 1.46. The Balaban J connectivity index is 2.63. The summed E-state index contributed by atoms with van der Waals surface area (Å²) >= 11 is 0. The second-order valence-corrected chi connectivity index (χ2v) is 7.43. The third-order valence-corrected chi connectivity index (χ3v) is 6.20. The second kappa shape index (κ2) is 3.78. The van der Waals surface area contributed by atoms with Crippen molar-refractivity contribution in [3.63, 3.8) is 0 Å². The van der Waals surface area contributed by atoms with Crippen LogP contribution >= 0.6 is 7.53 Å². The molecule has 0 bridgehead atoms. The van der Waals surface area contributed by atoms with Crippen LogP contribution in [0.3, 0.4) is 0 Å². The van der Waals surface area contributed by atoms with E-state index in [2.05, 4.69) is 50.2 Å². The first-order valence-electron chi connectivity index (χ1n) is 5.97. The molecule has 1 nitrogen and oxygen atoms in total. The zero-order chi connectivity index (χ0) is 12.0. The maximum absolute atomic E-state index is 6.20. The quantitative estimate of drug-likeness (QED) is 0.586. The molecule has 17 heavy (non-hydrogen) atoms. The van der Waals surface area contributed by atoms with Crippen molar-refractivity contribution in [2.45, 2.75) is 19.5 Å². The Morgan fingerprint density at radius 1 is 0.941 bits per heavy atom. The average Bonchev–Trinajstić information content (AvgIpc) is 2.65. The Morgan fingerprint density at radius 3 is 2.41 bits per heavy atom. The topological polar surface area (TPSA) is 26.0 Å². The van der Waals surface area contributed by atoms with Crippen LogP contribution in [0.5, 0.6) is 0 Å². The molecule has 2 heteroatoms. The van der Waals surface area contributed by atoms with Crippen LogP contribution in [-0.4, -0.2) is 0 Å². The molecule has 0 saturated heterocycles. The van der Waals surface area contributed by atoms with E-state index in [-0.39, 0.29) is 7.53 Å². The second-order valence-electron chi connectivity index (χ2n) is 4.72. The van der Waals surface area contributed by atoms with Crippen LogP contribution in [0.1, 0.15) is 19.5 Å². The van der Waals surface area contributed by atoms with Crippen LogP contribution in [-0.2, 0) is 0 Å². The molecule has 1 unspecified atom stereocenters. The number of hydrogen-bond acceptors (Lipinski definition) is 1. The molecule has 0 fully saturated rings. The van der Waals surface area contributed by atoms with E-state index in [4.69, 9.17) is 5.73 Å². The molecule has 1 atom stereocenters. The van der Waals surface area contributed by atoms with E-state index in [0.29, 0.717) is 5.66 Å². The molecule has 0 saturated carbocycles. The maximum Gasteiger partial charge on any atom is 0.0434 e. The number of anilines is 1. The van der Waals surface area contributed by atoms with E-state index < -0.39 is 0 Å². The molecule has 1 aromatic heterocycles. The predicted octanol–water partition coefficient (Wildman–Crippen LogP) is 5.14. The first-order valence-corrected chi connectivity index (χ1v) is 7.38. The summed E-state index contributed by atoms with van der Waals surface area (Å²) < 4.78 is 0. The van der Waals surface area contributed by atoms with Gasteiger partial charge in [0, 0.05) is 15.9 Å². The fourth-order valence-corrected chi connectivity index (χ4v) is 5.44. The summed E-state index contributed by atoms with van der Waals surface area (Å²) in [6.45, 7) is 4.59. The maximum atomic E-state index is 6.20. The van der Waals surface area contributed by atoms with Gasteiger partial charge in [0.2, 0.25) is 0 Å². The largest absolute Gasteiger partial charge is 0.398 e. The van der Waals surface area contributed by atoms with E-state index in [0.717, 1.165) is 5.69 Å². The minimum atomic E-state index is -0.282.